The molecule has 2 amide bonds. The number of nitrogens with one attached hydrogen (secondary N) is 2. The fraction of sp³-hybridized carbons (Fsp3) is 0.238. The molecule has 0 radical (unpaired) electrons. The minimum Gasteiger partial charge on any atom is -0.495 e. The summed E-state index contributed by atoms with van der Waals surface area (Å²) >= 11 is 6.01. The van der Waals surface area contributed by atoms with Crippen molar-refractivity contribution in [2.45, 2.75) is 19.4 Å². The van der Waals surface area contributed by atoms with E-state index in [4.69, 9.17) is 16.3 Å². The lowest BCUT2D eigenvalue weighted by Gasteiger charge is -2.16. The highest BCUT2D eigenvalue weighted by atomic mass is 35.5. The second-order valence-electron chi connectivity index (χ2n) is 5.86. The van der Waals surface area contributed by atoms with Crippen molar-refractivity contribution in [2.24, 2.45) is 0 Å². The van der Waals surface area contributed by atoms with Crippen molar-refractivity contribution in [3.05, 3.63) is 64.2 Å². The number of hydrogen-bond donors (Lipinski definition) is 2. The molecule has 5 nitrogen and oxygen atoms in total. The number of likely N-dealkylation sites (N-methyl/N-ethyl adjacent to an activating group) is 1. The van der Waals surface area contributed by atoms with Crippen molar-refractivity contribution in [1.82, 2.24) is 10.6 Å². The molecule has 0 fully saturated rings. The van der Waals surface area contributed by atoms with E-state index in [-0.39, 0.29) is 11.8 Å². The molecule has 0 aliphatic rings. The van der Waals surface area contributed by atoms with Gasteiger partial charge in [-0.15, -0.1) is 0 Å². The lowest BCUT2D eigenvalue weighted by atomic mass is 10.0. The molecule has 2 aromatic carbocycles. The monoisotopic (exact) mass is 384 g/mol. The number of hydrogen-bond acceptors (Lipinski definition) is 3. The summed E-state index contributed by atoms with van der Waals surface area (Å²) in [7, 11) is 3.13. The summed E-state index contributed by atoms with van der Waals surface area (Å²) in [6, 6.07) is 12.2. The Labute approximate surface area is 164 Å². The van der Waals surface area contributed by atoms with E-state index in [9.17, 15) is 9.59 Å². The number of amides is 2. The lowest BCUT2D eigenvalue weighted by molar-refractivity contribution is -0.127. The molecule has 0 bridgehead atoms. The molecular weight excluding hydrogens is 364 g/mol. The first-order valence-corrected chi connectivity index (χ1v) is 8.74. The third-order valence-electron chi connectivity index (χ3n) is 3.84. The van der Waals surface area contributed by atoms with Gasteiger partial charge >= 0.3 is 0 Å². The van der Waals surface area contributed by atoms with Crippen molar-refractivity contribution < 1.29 is 14.3 Å². The van der Waals surface area contributed by atoms with E-state index in [1.807, 2.05) is 24.3 Å². The maximum atomic E-state index is 11.9. The predicted octanol–water partition coefficient (Wildman–Crippen LogP) is 2.54. The molecule has 27 heavy (non-hydrogen) atoms. The molecule has 0 aromatic heterocycles. The minimum atomic E-state index is -0.611. The molecule has 2 rings (SSSR count). The maximum absolute atomic E-state index is 11.9. The zero-order valence-corrected chi connectivity index (χ0v) is 16.2. The molecule has 0 spiro atoms. The second-order valence-corrected chi connectivity index (χ2v) is 6.30. The van der Waals surface area contributed by atoms with E-state index in [2.05, 4.69) is 22.5 Å². The Hall–Kier alpha value is -2.97. The normalized spacial score (nSPS) is 11.0. The Morgan fingerprint density at radius 2 is 1.85 bits per heavy atom. The van der Waals surface area contributed by atoms with Crippen molar-refractivity contribution in [2.75, 3.05) is 14.2 Å². The van der Waals surface area contributed by atoms with E-state index in [1.54, 1.807) is 32.4 Å². The van der Waals surface area contributed by atoms with Gasteiger partial charge in [-0.3, -0.25) is 9.59 Å². The smallest absolute Gasteiger partial charge is 0.242 e. The molecule has 2 aromatic rings. The van der Waals surface area contributed by atoms with Crippen LogP contribution in [0.2, 0.25) is 5.02 Å². The van der Waals surface area contributed by atoms with Crippen LogP contribution in [0.15, 0.2) is 42.5 Å². The van der Waals surface area contributed by atoms with Crippen molar-refractivity contribution in [3.63, 3.8) is 0 Å². The minimum absolute atomic E-state index is 0.234. The topological polar surface area (TPSA) is 67.4 Å². The van der Waals surface area contributed by atoms with Gasteiger partial charge < -0.3 is 15.4 Å². The summed E-state index contributed by atoms with van der Waals surface area (Å²) in [5.41, 5.74) is 2.44. The first-order chi connectivity index (χ1) is 12.9. The Kier molecular flexibility index (Phi) is 7.27. The van der Waals surface area contributed by atoms with Gasteiger partial charge in [0.25, 0.3) is 0 Å². The predicted molar refractivity (Wildman–Crippen MR) is 106 cm³/mol. The highest BCUT2D eigenvalue weighted by Crippen LogP contribution is 2.21. The van der Waals surface area contributed by atoms with E-state index in [0.717, 1.165) is 11.1 Å². The number of ether oxygens (including phenoxy) is 1. The van der Waals surface area contributed by atoms with Crippen LogP contribution in [0.4, 0.5) is 0 Å². The number of benzene rings is 2. The van der Waals surface area contributed by atoms with Crippen LogP contribution in [-0.4, -0.2) is 32.0 Å². The third-order valence-corrected chi connectivity index (χ3v) is 4.07. The van der Waals surface area contributed by atoms with Gasteiger partial charge in [0.15, 0.2) is 0 Å². The molecule has 0 heterocycles. The average molecular weight is 385 g/mol. The molecule has 6 heteroatoms. The SMILES string of the molecule is CNC(=O)C(Cc1ccc(C#Cc2cc(Cl)ccc2OC)cc1)NC(C)=O. The Morgan fingerprint density at radius 3 is 2.44 bits per heavy atom. The number of methoxy groups -OCH3 is 1. The standard InChI is InChI=1S/C21H21ClN2O3/c1-14(25)24-19(21(26)23-2)12-16-6-4-15(5-7-16)8-9-17-13-18(22)10-11-20(17)27-3/h4-7,10-11,13,19H,12H2,1-3H3,(H,23,26)(H,24,25). The van der Waals surface area contributed by atoms with Crippen LogP contribution in [-0.2, 0) is 16.0 Å². The number of rotatable bonds is 5. The molecule has 140 valence electrons. The van der Waals surface area contributed by atoms with Crippen LogP contribution >= 0.6 is 11.6 Å². The summed E-state index contributed by atoms with van der Waals surface area (Å²) < 4.78 is 5.28. The number of carbonyl (C=O) groups excluding carboxylic acids is 2. The maximum Gasteiger partial charge on any atom is 0.242 e. The summed E-state index contributed by atoms with van der Waals surface area (Å²) in [4.78, 5) is 23.2. The van der Waals surface area contributed by atoms with Crippen LogP contribution < -0.4 is 15.4 Å². The molecule has 2 N–H and O–H groups in total. The molecule has 0 saturated heterocycles. The summed E-state index contributed by atoms with van der Waals surface area (Å²) in [5, 5.41) is 5.80. The molecule has 0 aliphatic heterocycles. The molecule has 1 unspecified atom stereocenters. The highest BCUT2D eigenvalue weighted by Gasteiger charge is 2.18. The van der Waals surface area contributed by atoms with Gasteiger partial charge in [0.2, 0.25) is 11.8 Å². The summed E-state index contributed by atoms with van der Waals surface area (Å²) in [6.45, 7) is 1.39. The molecular formula is C21H21ClN2O3. The van der Waals surface area contributed by atoms with Crippen LogP contribution in [0, 0.1) is 11.8 Å². The van der Waals surface area contributed by atoms with Crippen LogP contribution in [0.25, 0.3) is 0 Å². The van der Waals surface area contributed by atoms with Crippen molar-refractivity contribution >= 4 is 23.4 Å². The van der Waals surface area contributed by atoms with E-state index in [1.165, 1.54) is 6.92 Å². The lowest BCUT2D eigenvalue weighted by Crippen LogP contribution is -2.46. The van der Waals surface area contributed by atoms with Gasteiger partial charge in [-0.1, -0.05) is 35.6 Å². The quantitative estimate of drug-likeness (QED) is 0.778. The summed E-state index contributed by atoms with van der Waals surface area (Å²) in [5.74, 6) is 6.30. The Balaban J connectivity index is 2.15. The average Bonchev–Trinajstić information content (AvgIpc) is 2.66. The Bertz CT molecular complexity index is 883. The fourth-order valence-corrected chi connectivity index (χ4v) is 2.68. The summed E-state index contributed by atoms with van der Waals surface area (Å²) in [6.07, 6.45) is 0.398. The van der Waals surface area contributed by atoms with Gasteiger partial charge in [0.1, 0.15) is 11.8 Å². The number of halogens is 1. The molecule has 1 atom stereocenters. The van der Waals surface area contributed by atoms with Crippen molar-refractivity contribution in [1.29, 1.82) is 0 Å². The third kappa shape index (κ3) is 6.05. The molecule has 0 saturated carbocycles. The highest BCUT2D eigenvalue weighted by molar-refractivity contribution is 6.30. The van der Waals surface area contributed by atoms with E-state index >= 15 is 0 Å². The zero-order chi connectivity index (χ0) is 19.8. The van der Waals surface area contributed by atoms with Gasteiger partial charge in [-0.05, 0) is 35.9 Å². The molecule has 0 aliphatic carbocycles. The van der Waals surface area contributed by atoms with Crippen LogP contribution in [0.5, 0.6) is 5.75 Å². The van der Waals surface area contributed by atoms with Crippen LogP contribution in [0.3, 0.4) is 0 Å². The zero-order valence-electron chi connectivity index (χ0n) is 15.4. The fourth-order valence-electron chi connectivity index (χ4n) is 2.51. The van der Waals surface area contributed by atoms with Gasteiger partial charge in [0.05, 0.1) is 12.7 Å². The first-order valence-electron chi connectivity index (χ1n) is 8.36. The van der Waals surface area contributed by atoms with Gasteiger partial charge in [-0.2, -0.15) is 0 Å². The van der Waals surface area contributed by atoms with Crippen LogP contribution in [0.1, 0.15) is 23.6 Å². The Morgan fingerprint density at radius 1 is 1.15 bits per heavy atom. The second kappa shape index (κ2) is 9.65. The number of carbonyl (C=O) groups is 2. The first kappa shape index (κ1) is 20.3. The van der Waals surface area contributed by atoms with E-state index < -0.39 is 6.04 Å². The van der Waals surface area contributed by atoms with Gasteiger partial charge in [-0.25, -0.2) is 0 Å². The largest absolute Gasteiger partial charge is 0.495 e. The van der Waals surface area contributed by atoms with E-state index in [0.29, 0.717) is 22.8 Å². The van der Waals surface area contributed by atoms with Crippen molar-refractivity contribution in [3.8, 4) is 17.6 Å². The van der Waals surface area contributed by atoms with Gasteiger partial charge in [0, 0.05) is 31.0 Å².